The average Bonchev–Trinajstić information content (AvgIpc) is 3.26. The SMILES string of the molecule is COc1ccc(OC)c(C=c2sc3n(c2=O)C(c2ccc(C(C)C)cc2)C2=C(N=3)c3ccccc3CC2)c1. The molecule has 0 radical (unpaired) electrons. The van der Waals surface area contributed by atoms with Gasteiger partial charge in [0.25, 0.3) is 5.56 Å². The third-order valence-electron chi connectivity index (χ3n) is 7.52. The van der Waals surface area contributed by atoms with Gasteiger partial charge < -0.3 is 9.47 Å². The predicted molar refractivity (Wildman–Crippen MR) is 153 cm³/mol. The van der Waals surface area contributed by atoms with Gasteiger partial charge in [-0.2, -0.15) is 0 Å². The summed E-state index contributed by atoms with van der Waals surface area (Å²) in [5, 5.41) is 0. The Morgan fingerprint density at radius 1 is 1.00 bits per heavy atom. The van der Waals surface area contributed by atoms with Gasteiger partial charge in [-0.25, -0.2) is 4.99 Å². The Labute approximate surface area is 226 Å². The number of aryl methyl sites for hydroxylation is 1. The highest BCUT2D eigenvalue weighted by molar-refractivity contribution is 7.07. The van der Waals surface area contributed by atoms with Crippen molar-refractivity contribution < 1.29 is 9.47 Å². The number of fused-ring (bicyclic) bond motifs is 3. The van der Waals surface area contributed by atoms with Crippen LogP contribution in [0.2, 0.25) is 0 Å². The summed E-state index contributed by atoms with van der Waals surface area (Å²) in [6, 6.07) is 22.6. The standard InChI is InChI=1S/C32H30N2O3S/c1-19(2)20-9-11-22(12-10-20)30-26-15-13-21-7-5-6-8-25(21)29(26)33-32-34(30)31(35)28(38-32)18-23-17-24(36-3)14-16-27(23)37-4/h5-12,14,16-19,30H,13,15H2,1-4H3. The lowest BCUT2D eigenvalue weighted by atomic mass is 9.83. The van der Waals surface area contributed by atoms with E-state index in [1.807, 2.05) is 28.8 Å². The van der Waals surface area contributed by atoms with Crippen LogP contribution in [0, 0.1) is 0 Å². The summed E-state index contributed by atoms with van der Waals surface area (Å²) >= 11 is 1.42. The molecule has 1 aliphatic carbocycles. The van der Waals surface area contributed by atoms with Crippen LogP contribution in [0.3, 0.4) is 0 Å². The molecule has 0 spiro atoms. The number of hydrogen-bond donors (Lipinski definition) is 0. The number of ether oxygens (including phenoxy) is 2. The normalized spacial score (nSPS) is 16.6. The molecule has 1 aromatic heterocycles. The van der Waals surface area contributed by atoms with E-state index in [2.05, 4.69) is 62.4 Å². The molecular formula is C32H30N2O3S. The van der Waals surface area contributed by atoms with Gasteiger partial charge in [0, 0.05) is 11.1 Å². The topological polar surface area (TPSA) is 52.8 Å². The number of rotatable bonds is 5. The van der Waals surface area contributed by atoms with E-state index in [1.54, 1.807) is 14.2 Å². The maximum atomic E-state index is 14.0. The molecule has 5 nitrogen and oxygen atoms in total. The smallest absolute Gasteiger partial charge is 0.271 e. The van der Waals surface area contributed by atoms with E-state index in [4.69, 9.17) is 14.5 Å². The van der Waals surface area contributed by atoms with E-state index in [9.17, 15) is 4.79 Å². The van der Waals surface area contributed by atoms with Crippen molar-refractivity contribution in [3.8, 4) is 11.5 Å². The van der Waals surface area contributed by atoms with Gasteiger partial charge in [-0.3, -0.25) is 9.36 Å². The van der Waals surface area contributed by atoms with Crippen LogP contribution in [0.4, 0.5) is 0 Å². The number of nitrogens with zero attached hydrogens (tertiary/aromatic N) is 2. The van der Waals surface area contributed by atoms with Gasteiger partial charge in [-0.05, 0) is 65.3 Å². The van der Waals surface area contributed by atoms with E-state index in [0.717, 1.165) is 34.5 Å². The summed E-state index contributed by atoms with van der Waals surface area (Å²) < 4.78 is 13.5. The molecule has 0 amide bonds. The fourth-order valence-corrected chi connectivity index (χ4v) is 6.47. The average molecular weight is 523 g/mol. The minimum absolute atomic E-state index is 0.0398. The van der Waals surface area contributed by atoms with Crippen molar-refractivity contribution in [3.63, 3.8) is 0 Å². The molecule has 0 saturated heterocycles. The summed E-state index contributed by atoms with van der Waals surface area (Å²) in [5.41, 5.74) is 7.85. The van der Waals surface area contributed by atoms with Crippen molar-refractivity contribution in [1.29, 1.82) is 0 Å². The zero-order chi connectivity index (χ0) is 26.4. The molecule has 38 heavy (non-hydrogen) atoms. The number of thiazole rings is 1. The van der Waals surface area contributed by atoms with Crippen LogP contribution in [-0.2, 0) is 6.42 Å². The summed E-state index contributed by atoms with van der Waals surface area (Å²) in [6.45, 7) is 4.40. The fraction of sp³-hybridized carbons (Fsp3) is 0.250. The molecule has 1 atom stereocenters. The van der Waals surface area contributed by atoms with Crippen molar-refractivity contribution in [1.82, 2.24) is 4.57 Å². The molecule has 3 aromatic carbocycles. The van der Waals surface area contributed by atoms with Crippen LogP contribution < -0.4 is 24.4 Å². The van der Waals surface area contributed by atoms with Crippen LogP contribution in [-0.4, -0.2) is 18.8 Å². The second-order valence-electron chi connectivity index (χ2n) is 10.0. The van der Waals surface area contributed by atoms with Crippen molar-refractivity contribution in [2.75, 3.05) is 14.2 Å². The quantitative estimate of drug-likeness (QED) is 0.350. The highest BCUT2D eigenvalue weighted by Gasteiger charge is 2.32. The summed E-state index contributed by atoms with van der Waals surface area (Å²) in [7, 11) is 3.26. The monoisotopic (exact) mass is 522 g/mol. The Morgan fingerprint density at radius 2 is 1.79 bits per heavy atom. The van der Waals surface area contributed by atoms with Crippen LogP contribution in [0.15, 0.2) is 82.1 Å². The molecule has 0 N–H and O–H groups in total. The second kappa shape index (κ2) is 9.76. The van der Waals surface area contributed by atoms with Gasteiger partial charge in [0.05, 0.1) is 30.5 Å². The Morgan fingerprint density at radius 3 is 2.53 bits per heavy atom. The van der Waals surface area contributed by atoms with Crippen molar-refractivity contribution in [2.24, 2.45) is 4.99 Å². The van der Waals surface area contributed by atoms with E-state index in [0.29, 0.717) is 21.9 Å². The number of aromatic nitrogens is 1. The van der Waals surface area contributed by atoms with Crippen LogP contribution >= 0.6 is 11.3 Å². The molecule has 6 rings (SSSR count). The Balaban J connectivity index is 1.60. The van der Waals surface area contributed by atoms with Crippen LogP contribution in [0.1, 0.15) is 60.0 Å². The van der Waals surface area contributed by atoms with Gasteiger partial charge in [0.15, 0.2) is 4.80 Å². The van der Waals surface area contributed by atoms with Gasteiger partial charge in [-0.15, -0.1) is 0 Å². The highest BCUT2D eigenvalue weighted by atomic mass is 32.1. The zero-order valence-electron chi connectivity index (χ0n) is 22.0. The lowest BCUT2D eigenvalue weighted by Crippen LogP contribution is -2.38. The second-order valence-corrected chi connectivity index (χ2v) is 11.1. The zero-order valence-corrected chi connectivity index (χ0v) is 22.8. The Kier molecular flexibility index (Phi) is 6.28. The van der Waals surface area contributed by atoms with Gasteiger partial charge in [0.1, 0.15) is 11.5 Å². The highest BCUT2D eigenvalue weighted by Crippen LogP contribution is 2.41. The van der Waals surface area contributed by atoms with Crippen molar-refractivity contribution in [3.05, 3.63) is 120 Å². The summed E-state index contributed by atoms with van der Waals surface area (Å²) in [5.74, 6) is 1.84. The molecule has 0 bridgehead atoms. The first kappa shape index (κ1) is 24.4. The minimum atomic E-state index is -0.190. The Bertz CT molecular complexity index is 1740. The number of allylic oxidation sites excluding steroid dienone is 1. The molecule has 0 fully saturated rings. The molecule has 6 heteroatoms. The molecular weight excluding hydrogens is 492 g/mol. The molecule has 0 saturated carbocycles. The molecule has 1 aliphatic heterocycles. The van der Waals surface area contributed by atoms with Crippen molar-refractivity contribution >= 4 is 23.1 Å². The molecule has 2 heterocycles. The molecule has 192 valence electrons. The first-order valence-electron chi connectivity index (χ1n) is 12.9. The van der Waals surface area contributed by atoms with E-state index in [-0.39, 0.29) is 11.6 Å². The first-order valence-corrected chi connectivity index (χ1v) is 13.7. The summed E-state index contributed by atoms with van der Waals surface area (Å²) in [6.07, 6.45) is 3.71. The fourth-order valence-electron chi connectivity index (χ4n) is 5.48. The number of hydrogen-bond acceptors (Lipinski definition) is 5. The van der Waals surface area contributed by atoms with E-state index >= 15 is 0 Å². The van der Waals surface area contributed by atoms with Gasteiger partial charge in [0.2, 0.25) is 0 Å². The number of methoxy groups -OCH3 is 2. The van der Waals surface area contributed by atoms with E-state index in [1.165, 1.54) is 33.6 Å². The Hall–Kier alpha value is -3.90. The molecule has 2 aliphatic rings. The summed E-state index contributed by atoms with van der Waals surface area (Å²) in [4.78, 5) is 19.9. The largest absolute Gasteiger partial charge is 0.497 e. The van der Waals surface area contributed by atoms with Gasteiger partial charge >= 0.3 is 0 Å². The van der Waals surface area contributed by atoms with Gasteiger partial charge in [-0.1, -0.05) is 73.7 Å². The third-order valence-corrected chi connectivity index (χ3v) is 8.50. The van der Waals surface area contributed by atoms with Crippen LogP contribution in [0.25, 0.3) is 11.8 Å². The number of benzene rings is 3. The van der Waals surface area contributed by atoms with E-state index < -0.39 is 0 Å². The minimum Gasteiger partial charge on any atom is -0.497 e. The molecule has 4 aromatic rings. The molecule has 1 unspecified atom stereocenters. The maximum Gasteiger partial charge on any atom is 0.271 e. The van der Waals surface area contributed by atoms with Crippen molar-refractivity contribution in [2.45, 2.75) is 38.6 Å². The lowest BCUT2D eigenvalue weighted by Gasteiger charge is -2.31. The first-order chi connectivity index (χ1) is 18.5. The third kappa shape index (κ3) is 4.09. The maximum absolute atomic E-state index is 14.0. The van der Waals surface area contributed by atoms with Crippen LogP contribution in [0.5, 0.6) is 11.5 Å². The lowest BCUT2D eigenvalue weighted by molar-refractivity contribution is 0.402. The predicted octanol–water partition coefficient (Wildman–Crippen LogP) is 5.46.